The van der Waals surface area contributed by atoms with E-state index in [0.29, 0.717) is 0 Å². The largest absolute Gasteiger partial charge is 0.494 e. The molecule has 0 fully saturated rings. The Kier molecular flexibility index (Phi) is 30.9. The minimum atomic E-state index is 0.761. The maximum Gasteiger partial charge on any atom is 0.119 e. The van der Waals surface area contributed by atoms with Gasteiger partial charge in [-0.1, -0.05) is 255 Å². The molecule has 0 heterocycles. The van der Waals surface area contributed by atoms with Gasteiger partial charge in [-0.05, 0) is 131 Å². The molecule has 0 radical (unpaired) electrons. The van der Waals surface area contributed by atoms with Gasteiger partial charge in [-0.2, -0.15) is 0 Å². The fourth-order valence-electron chi connectivity index (χ4n) is 9.61. The monoisotopic (exact) mass is 1000 g/mol. The van der Waals surface area contributed by atoms with E-state index in [1.807, 2.05) is 0 Å². The molecule has 0 N–H and O–H groups in total. The lowest BCUT2D eigenvalue weighted by Crippen LogP contribution is -1.98. The Bertz CT molecular complexity index is 1910. The zero-order valence-corrected chi connectivity index (χ0v) is 47.0. The molecule has 0 aromatic heterocycles. The van der Waals surface area contributed by atoms with Gasteiger partial charge in [0.2, 0.25) is 0 Å². The van der Waals surface area contributed by atoms with E-state index >= 15 is 0 Å². The highest BCUT2D eigenvalue weighted by Gasteiger charge is 2.11. The SMILES string of the molecule is CCCCCCCCCOc1ccc(C(=Cc2ccc(C=C(c3ccc(OCCCCCCCCC)cc3)c3ccc(OCCCCCCCCC)cc3)cc2)c2ccc(OCCCCCCCCC)cc2)cc1. The van der Waals surface area contributed by atoms with Crippen molar-refractivity contribution in [3.63, 3.8) is 0 Å². The minimum absolute atomic E-state index is 0.761. The van der Waals surface area contributed by atoms with Crippen LogP contribution in [0.5, 0.6) is 23.0 Å². The van der Waals surface area contributed by atoms with Crippen LogP contribution < -0.4 is 18.9 Å². The van der Waals surface area contributed by atoms with Gasteiger partial charge >= 0.3 is 0 Å². The van der Waals surface area contributed by atoms with Crippen molar-refractivity contribution in [2.75, 3.05) is 26.4 Å². The molecular weight excluding hydrogens is 905 g/mol. The number of hydrogen-bond donors (Lipinski definition) is 0. The van der Waals surface area contributed by atoms with Crippen molar-refractivity contribution in [1.82, 2.24) is 0 Å². The highest BCUT2D eigenvalue weighted by molar-refractivity contribution is 5.93. The lowest BCUT2D eigenvalue weighted by Gasteiger charge is -2.13. The topological polar surface area (TPSA) is 36.9 Å². The summed E-state index contributed by atoms with van der Waals surface area (Å²) < 4.78 is 24.9. The summed E-state index contributed by atoms with van der Waals surface area (Å²) in [4.78, 5) is 0. The lowest BCUT2D eigenvalue weighted by molar-refractivity contribution is 0.304. The molecule has 74 heavy (non-hydrogen) atoms. The summed E-state index contributed by atoms with van der Waals surface area (Å²) >= 11 is 0. The van der Waals surface area contributed by atoms with Crippen molar-refractivity contribution in [1.29, 1.82) is 0 Å². The number of benzene rings is 5. The molecule has 0 spiro atoms. The summed E-state index contributed by atoms with van der Waals surface area (Å²) in [5.74, 6) is 3.71. The van der Waals surface area contributed by atoms with Crippen molar-refractivity contribution < 1.29 is 18.9 Å². The summed E-state index contributed by atoms with van der Waals surface area (Å²) in [6, 6.07) is 43.6. The van der Waals surface area contributed by atoms with Crippen LogP contribution in [0.2, 0.25) is 0 Å². The van der Waals surface area contributed by atoms with Crippen molar-refractivity contribution in [2.24, 2.45) is 0 Å². The average Bonchev–Trinajstić information content (AvgIpc) is 3.43. The molecule has 402 valence electrons. The van der Waals surface area contributed by atoms with Crippen LogP contribution >= 0.6 is 0 Å². The van der Waals surface area contributed by atoms with Gasteiger partial charge < -0.3 is 18.9 Å². The maximum atomic E-state index is 6.23. The lowest BCUT2D eigenvalue weighted by atomic mass is 9.94. The molecule has 5 aromatic rings. The predicted octanol–water partition coefficient (Wildman–Crippen LogP) is 21.4. The van der Waals surface area contributed by atoms with Gasteiger partial charge in [-0.3, -0.25) is 0 Å². The van der Waals surface area contributed by atoms with Crippen LogP contribution in [0.25, 0.3) is 23.3 Å². The van der Waals surface area contributed by atoms with Gasteiger partial charge in [-0.25, -0.2) is 0 Å². The normalized spacial score (nSPS) is 11.1. The van der Waals surface area contributed by atoms with Crippen molar-refractivity contribution >= 4 is 23.3 Å². The average molecular weight is 1000 g/mol. The first-order valence-electron chi connectivity index (χ1n) is 30.1. The molecule has 5 aromatic carbocycles. The number of hydrogen-bond acceptors (Lipinski definition) is 4. The van der Waals surface area contributed by atoms with E-state index in [1.54, 1.807) is 0 Å². The smallest absolute Gasteiger partial charge is 0.119 e. The van der Waals surface area contributed by atoms with E-state index in [0.717, 1.165) is 120 Å². The quantitative estimate of drug-likeness (QED) is 0.0288. The molecule has 0 unspecified atom stereocenters. The number of ether oxygens (including phenoxy) is 4. The molecule has 0 atom stereocenters. The Balaban J connectivity index is 1.32. The Labute approximate surface area is 451 Å². The van der Waals surface area contributed by atoms with Crippen LogP contribution in [-0.2, 0) is 0 Å². The Morgan fingerprint density at radius 2 is 0.432 bits per heavy atom. The van der Waals surface area contributed by atoms with Gasteiger partial charge in [0.25, 0.3) is 0 Å². The summed E-state index contributed by atoms with van der Waals surface area (Å²) in [5.41, 5.74) is 9.22. The van der Waals surface area contributed by atoms with E-state index in [-0.39, 0.29) is 0 Å². The van der Waals surface area contributed by atoms with Crippen molar-refractivity contribution in [2.45, 2.75) is 207 Å². The second-order valence-electron chi connectivity index (χ2n) is 20.8. The molecule has 4 nitrogen and oxygen atoms in total. The van der Waals surface area contributed by atoms with Crippen molar-refractivity contribution in [3.05, 3.63) is 155 Å². The third-order valence-corrected chi connectivity index (χ3v) is 14.3. The van der Waals surface area contributed by atoms with E-state index in [1.165, 1.54) is 154 Å². The first-order chi connectivity index (χ1) is 36.6. The Morgan fingerprint density at radius 3 is 0.635 bits per heavy atom. The number of rotatable bonds is 42. The molecule has 0 bridgehead atoms. The highest BCUT2D eigenvalue weighted by Crippen LogP contribution is 2.32. The van der Waals surface area contributed by atoms with E-state index in [9.17, 15) is 0 Å². The second kappa shape index (κ2) is 38.3. The molecule has 0 amide bonds. The number of unbranched alkanes of at least 4 members (excludes halogenated alkanes) is 24. The fourth-order valence-corrected chi connectivity index (χ4v) is 9.61. The van der Waals surface area contributed by atoms with Crippen LogP contribution in [0.1, 0.15) is 241 Å². The van der Waals surface area contributed by atoms with Crippen LogP contribution in [0, 0.1) is 0 Å². The first-order valence-corrected chi connectivity index (χ1v) is 30.1. The van der Waals surface area contributed by atoms with Crippen LogP contribution in [-0.4, -0.2) is 26.4 Å². The van der Waals surface area contributed by atoms with Crippen LogP contribution in [0.4, 0.5) is 0 Å². The summed E-state index contributed by atoms with van der Waals surface area (Å²) in [6.45, 7) is 12.1. The zero-order valence-electron chi connectivity index (χ0n) is 47.0. The van der Waals surface area contributed by atoms with E-state index in [4.69, 9.17) is 18.9 Å². The molecular formula is C70H98O4. The molecule has 0 aliphatic carbocycles. The van der Waals surface area contributed by atoms with Gasteiger partial charge in [0.15, 0.2) is 0 Å². The van der Waals surface area contributed by atoms with Crippen LogP contribution in [0.3, 0.4) is 0 Å². The van der Waals surface area contributed by atoms with Gasteiger partial charge in [-0.15, -0.1) is 0 Å². The molecule has 0 aliphatic heterocycles. The van der Waals surface area contributed by atoms with E-state index < -0.39 is 0 Å². The zero-order chi connectivity index (χ0) is 51.9. The molecule has 0 aliphatic rings. The predicted molar refractivity (Wildman–Crippen MR) is 320 cm³/mol. The van der Waals surface area contributed by atoms with E-state index in [2.05, 4.69) is 161 Å². The first kappa shape index (κ1) is 59.7. The van der Waals surface area contributed by atoms with Gasteiger partial charge in [0, 0.05) is 0 Å². The van der Waals surface area contributed by atoms with Gasteiger partial charge in [0.1, 0.15) is 23.0 Å². The van der Waals surface area contributed by atoms with Crippen molar-refractivity contribution in [3.8, 4) is 23.0 Å². The third kappa shape index (κ3) is 24.4. The fraction of sp³-hybridized carbons (Fsp3) is 0.514. The Hall–Kier alpha value is -5.22. The molecule has 4 heteroatoms. The molecule has 0 saturated heterocycles. The summed E-state index contributed by atoms with van der Waals surface area (Å²) in [7, 11) is 0. The minimum Gasteiger partial charge on any atom is -0.494 e. The molecule has 5 rings (SSSR count). The third-order valence-electron chi connectivity index (χ3n) is 14.3. The maximum absolute atomic E-state index is 6.23. The summed E-state index contributed by atoms with van der Waals surface area (Å²) in [6.07, 6.45) is 40.4. The molecule has 0 saturated carbocycles. The van der Waals surface area contributed by atoms with Gasteiger partial charge in [0.05, 0.1) is 26.4 Å². The summed E-state index contributed by atoms with van der Waals surface area (Å²) in [5, 5.41) is 0. The highest BCUT2D eigenvalue weighted by atomic mass is 16.5. The second-order valence-corrected chi connectivity index (χ2v) is 20.8. The standard InChI is InChI=1S/C70H98O4/c1-5-9-13-17-21-25-29-53-71-65-45-37-61(38-46-65)69(62-39-47-66(48-40-62)72-54-30-26-22-18-14-10-6-2)57-59-33-35-60(36-34-59)58-70(63-41-49-67(50-42-63)73-55-31-27-23-19-15-11-7-3)64-43-51-68(52-44-64)74-56-32-28-24-20-16-12-8-4/h33-52,57-58H,5-32,53-56H2,1-4H3. The Morgan fingerprint density at radius 1 is 0.243 bits per heavy atom. The van der Waals surface area contributed by atoms with Crippen LogP contribution in [0.15, 0.2) is 121 Å².